The molecule has 5 nitrogen and oxygen atoms in total. The van der Waals surface area contributed by atoms with Crippen LogP contribution >= 0.6 is 0 Å². The summed E-state index contributed by atoms with van der Waals surface area (Å²) >= 11 is 0. The van der Waals surface area contributed by atoms with E-state index in [2.05, 4.69) is 12.2 Å². The third kappa shape index (κ3) is 3.28. The first-order chi connectivity index (χ1) is 10.9. The number of aryl methyl sites for hydroxylation is 1. The normalized spacial score (nSPS) is 25.1. The number of nitrogens with zero attached hydrogens (tertiary/aromatic N) is 1. The Morgan fingerprint density at radius 2 is 1.83 bits per heavy atom. The lowest BCUT2D eigenvalue weighted by atomic mass is 9.87. The molecule has 0 saturated heterocycles. The zero-order chi connectivity index (χ0) is 16.6. The molecule has 0 spiro atoms. The van der Waals surface area contributed by atoms with Crippen molar-refractivity contribution in [1.82, 2.24) is 4.31 Å². The Bertz CT molecular complexity index is 707. The molecule has 6 heteroatoms. The highest BCUT2D eigenvalue weighted by atomic mass is 32.2. The van der Waals surface area contributed by atoms with Gasteiger partial charge in [0, 0.05) is 25.2 Å². The minimum Gasteiger partial charge on any atom is -0.326 e. The summed E-state index contributed by atoms with van der Waals surface area (Å²) in [6, 6.07) is 5.11. The second-order valence-electron chi connectivity index (χ2n) is 6.80. The van der Waals surface area contributed by atoms with Crippen LogP contribution in [0.5, 0.6) is 0 Å². The molecule has 3 rings (SSSR count). The summed E-state index contributed by atoms with van der Waals surface area (Å²) in [6.45, 7) is 2.22. The molecule has 126 valence electrons. The van der Waals surface area contributed by atoms with Gasteiger partial charge in [0.25, 0.3) is 0 Å². The van der Waals surface area contributed by atoms with E-state index in [1.165, 1.54) is 0 Å². The fourth-order valence-corrected chi connectivity index (χ4v) is 4.96. The first-order valence-electron chi connectivity index (χ1n) is 8.29. The number of carbonyl (C=O) groups excluding carboxylic acids is 1. The molecule has 2 aliphatic rings. The lowest BCUT2D eigenvalue weighted by molar-refractivity contribution is -0.116. The summed E-state index contributed by atoms with van der Waals surface area (Å²) < 4.78 is 27.3. The molecule has 1 saturated carbocycles. The fraction of sp³-hybridized carbons (Fsp3) is 0.588. The number of sulfonamides is 1. The van der Waals surface area contributed by atoms with Crippen LogP contribution in [0.4, 0.5) is 5.69 Å². The Balaban J connectivity index is 1.83. The molecule has 1 aliphatic carbocycles. The van der Waals surface area contributed by atoms with Gasteiger partial charge in [-0.3, -0.25) is 4.79 Å². The number of benzene rings is 1. The van der Waals surface area contributed by atoms with Crippen molar-refractivity contribution in [1.29, 1.82) is 0 Å². The number of hydrogen-bond donors (Lipinski definition) is 1. The van der Waals surface area contributed by atoms with Crippen LogP contribution in [0, 0.1) is 5.92 Å². The Morgan fingerprint density at radius 1 is 1.13 bits per heavy atom. The Hall–Kier alpha value is -1.40. The van der Waals surface area contributed by atoms with Gasteiger partial charge in [0.1, 0.15) is 0 Å². The van der Waals surface area contributed by atoms with Gasteiger partial charge in [-0.1, -0.05) is 6.92 Å². The van der Waals surface area contributed by atoms with E-state index in [0.717, 1.165) is 36.9 Å². The van der Waals surface area contributed by atoms with E-state index in [4.69, 9.17) is 0 Å². The molecule has 1 fully saturated rings. The standard InChI is InChI=1S/C17H24N2O3S/c1-12-3-6-14(7-4-12)19(2)23(21,22)15-8-9-16-13(11-15)5-10-17(20)18-16/h8-9,11-12,14H,3-7,10H2,1-2H3,(H,18,20). The summed E-state index contributed by atoms with van der Waals surface area (Å²) in [5, 5.41) is 2.79. The van der Waals surface area contributed by atoms with Gasteiger partial charge in [-0.05, 0) is 61.8 Å². The van der Waals surface area contributed by atoms with Crippen molar-refractivity contribution in [2.24, 2.45) is 5.92 Å². The van der Waals surface area contributed by atoms with Gasteiger partial charge in [0.15, 0.2) is 0 Å². The van der Waals surface area contributed by atoms with E-state index in [9.17, 15) is 13.2 Å². The van der Waals surface area contributed by atoms with Crippen LogP contribution in [0.2, 0.25) is 0 Å². The highest BCUT2D eigenvalue weighted by molar-refractivity contribution is 7.89. The molecule has 23 heavy (non-hydrogen) atoms. The van der Waals surface area contributed by atoms with Gasteiger partial charge < -0.3 is 5.32 Å². The summed E-state index contributed by atoms with van der Waals surface area (Å²) in [5.41, 5.74) is 1.63. The lowest BCUT2D eigenvalue weighted by Crippen LogP contribution is -2.39. The second kappa shape index (κ2) is 6.24. The predicted octanol–water partition coefficient (Wildman–Crippen LogP) is 2.77. The van der Waals surface area contributed by atoms with E-state index in [-0.39, 0.29) is 11.9 Å². The largest absolute Gasteiger partial charge is 0.326 e. The molecule has 0 radical (unpaired) electrons. The highest BCUT2D eigenvalue weighted by Crippen LogP contribution is 2.31. The summed E-state index contributed by atoms with van der Waals surface area (Å²) in [6.07, 6.45) is 5.03. The number of amides is 1. The average molecular weight is 336 g/mol. The summed E-state index contributed by atoms with van der Waals surface area (Å²) in [7, 11) is -1.79. The van der Waals surface area contributed by atoms with Crippen molar-refractivity contribution < 1.29 is 13.2 Å². The van der Waals surface area contributed by atoms with Crippen LogP contribution in [0.1, 0.15) is 44.6 Å². The van der Waals surface area contributed by atoms with Gasteiger partial charge >= 0.3 is 0 Å². The topological polar surface area (TPSA) is 66.5 Å². The van der Waals surface area contributed by atoms with E-state index in [1.54, 1.807) is 29.6 Å². The van der Waals surface area contributed by atoms with Crippen LogP contribution in [0.25, 0.3) is 0 Å². The lowest BCUT2D eigenvalue weighted by Gasteiger charge is -2.33. The molecule has 1 N–H and O–H groups in total. The van der Waals surface area contributed by atoms with E-state index in [1.807, 2.05) is 0 Å². The number of fused-ring (bicyclic) bond motifs is 1. The molecule has 0 atom stereocenters. The maximum Gasteiger partial charge on any atom is 0.243 e. The molecule has 1 aliphatic heterocycles. The van der Waals surface area contributed by atoms with Gasteiger partial charge in [-0.2, -0.15) is 4.31 Å². The summed E-state index contributed by atoms with van der Waals surface area (Å²) in [4.78, 5) is 11.7. The van der Waals surface area contributed by atoms with Crippen molar-refractivity contribution in [3.05, 3.63) is 23.8 Å². The number of nitrogens with one attached hydrogen (secondary N) is 1. The van der Waals surface area contributed by atoms with Crippen LogP contribution in [0.15, 0.2) is 23.1 Å². The highest BCUT2D eigenvalue weighted by Gasteiger charge is 2.31. The number of rotatable bonds is 3. The smallest absolute Gasteiger partial charge is 0.243 e. The van der Waals surface area contributed by atoms with E-state index < -0.39 is 10.0 Å². The predicted molar refractivity (Wildman–Crippen MR) is 89.8 cm³/mol. The molecular formula is C17H24N2O3S. The van der Waals surface area contributed by atoms with Gasteiger partial charge in [-0.15, -0.1) is 0 Å². The zero-order valence-electron chi connectivity index (χ0n) is 13.7. The van der Waals surface area contributed by atoms with E-state index in [0.29, 0.717) is 23.7 Å². The molecule has 0 aromatic heterocycles. The SMILES string of the molecule is CC1CCC(N(C)S(=O)(=O)c2ccc3c(c2)CCC(=O)N3)CC1. The molecular weight excluding hydrogens is 312 g/mol. The average Bonchev–Trinajstić information content (AvgIpc) is 2.54. The van der Waals surface area contributed by atoms with Gasteiger partial charge in [0.05, 0.1) is 4.90 Å². The monoisotopic (exact) mass is 336 g/mol. The molecule has 0 unspecified atom stereocenters. The fourth-order valence-electron chi connectivity index (χ4n) is 3.49. The minimum atomic E-state index is -3.48. The minimum absolute atomic E-state index is 0.0125. The molecule has 1 aromatic rings. The maximum absolute atomic E-state index is 12.9. The number of anilines is 1. The van der Waals surface area contributed by atoms with Crippen LogP contribution in [-0.4, -0.2) is 31.7 Å². The quantitative estimate of drug-likeness (QED) is 0.923. The third-order valence-corrected chi connectivity index (χ3v) is 7.05. The van der Waals surface area contributed by atoms with Crippen molar-refractivity contribution in [3.63, 3.8) is 0 Å². The van der Waals surface area contributed by atoms with Gasteiger partial charge in [0.2, 0.25) is 15.9 Å². The Labute approximate surface area is 138 Å². The van der Waals surface area contributed by atoms with Gasteiger partial charge in [-0.25, -0.2) is 8.42 Å². The molecule has 0 bridgehead atoms. The third-order valence-electron chi connectivity index (χ3n) is 5.15. The molecule has 1 aromatic carbocycles. The Kier molecular flexibility index (Phi) is 4.47. The maximum atomic E-state index is 12.9. The zero-order valence-corrected chi connectivity index (χ0v) is 14.5. The van der Waals surface area contributed by atoms with Crippen molar-refractivity contribution in [2.45, 2.75) is 56.4 Å². The molecule has 1 amide bonds. The second-order valence-corrected chi connectivity index (χ2v) is 8.80. The number of hydrogen-bond acceptors (Lipinski definition) is 3. The molecule has 1 heterocycles. The first-order valence-corrected chi connectivity index (χ1v) is 9.73. The first kappa shape index (κ1) is 16.5. The van der Waals surface area contributed by atoms with Crippen molar-refractivity contribution >= 4 is 21.6 Å². The number of carbonyl (C=O) groups is 1. The summed E-state index contributed by atoms with van der Waals surface area (Å²) in [5.74, 6) is 0.677. The van der Waals surface area contributed by atoms with Crippen LogP contribution in [-0.2, 0) is 21.2 Å². The van der Waals surface area contributed by atoms with Crippen LogP contribution < -0.4 is 5.32 Å². The van der Waals surface area contributed by atoms with Crippen LogP contribution in [0.3, 0.4) is 0 Å². The van der Waals surface area contributed by atoms with Crippen molar-refractivity contribution in [3.8, 4) is 0 Å². The van der Waals surface area contributed by atoms with Crippen molar-refractivity contribution in [2.75, 3.05) is 12.4 Å². The Morgan fingerprint density at radius 3 is 2.52 bits per heavy atom. The van der Waals surface area contributed by atoms with E-state index >= 15 is 0 Å².